The van der Waals surface area contributed by atoms with Crippen molar-refractivity contribution < 1.29 is 5.11 Å². The Morgan fingerprint density at radius 1 is 1.00 bits per heavy atom. The molecule has 1 unspecified atom stereocenters. The summed E-state index contributed by atoms with van der Waals surface area (Å²) in [6, 6.07) is 10.7. The van der Waals surface area contributed by atoms with Crippen LogP contribution in [-0.2, 0) is 0 Å². The van der Waals surface area contributed by atoms with E-state index in [2.05, 4.69) is 31.9 Å². The van der Waals surface area contributed by atoms with E-state index in [-0.39, 0.29) is 0 Å². The Labute approximate surface area is 132 Å². The van der Waals surface area contributed by atoms with Gasteiger partial charge in [-0.15, -0.1) is 0 Å². The van der Waals surface area contributed by atoms with Gasteiger partial charge in [0, 0.05) is 30.1 Å². The van der Waals surface area contributed by atoms with Gasteiger partial charge in [0.25, 0.3) is 0 Å². The predicted octanol–water partition coefficient (Wildman–Crippen LogP) is 5.60. The maximum Gasteiger partial charge on any atom is 0.108 e. The van der Waals surface area contributed by atoms with Crippen molar-refractivity contribution in [2.24, 2.45) is 0 Å². The highest BCUT2D eigenvalue weighted by Crippen LogP contribution is 2.37. The molecule has 1 nitrogen and oxygen atoms in total. The number of rotatable bonds is 2. The summed E-state index contributed by atoms with van der Waals surface area (Å²) in [5.41, 5.74) is 1.22. The number of hydrogen-bond donors (Lipinski definition) is 1. The summed E-state index contributed by atoms with van der Waals surface area (Å²) in [5, 5.41) is 11.3. The lowest BCUT2D eigenvalue weighted by Gasteiger charge is -2.16. The number of halogens is 4. The Kier molecular flexibility index (Phi) is 4.73. The van der Waals surface area contributed by atoms with Gasteiger partial charge < -0.3 is 5.11 Å². The Morgan fingerprint density at radius 2 is 1.61 bits per heavy atom. The van der Waals surface area contributed by atoms with Gasteiger partial charge in [0.05, 0.1) is 0 Å². The molecule has 1 atom stereocenters. The van der Waals surface area contributed by atoms with Gasteiger partial charge in [-0.25, -0.2) is 0 Å². The van der Waals surface area contributed by atoms with Gasteiger partial charge in [0.1, 0.15) is 6.10 Å². The minimum atomic E-state index is -0.877. The molecule has 0 saturated heterocycles. The van der Waals surface area contributed by atoms with Crippen LogP contribution >= 0.6 is 55.1 Å². The van der Waals surface area contributed by atoms with Gasteiger partial charge in [-0.1, -0.05) is 61.1 Å². The molecular formula is C13H8Br2Cl2O. The second-order valence-corrected chi connectivity index (χ2v) is 6.29. The molecule has 2 rings (SSSR count). The Morgan fingerprint density at radius 3 is 2.22 bits per heavy atom. The number of aliphatic hydroxyl groups excluding tert-OH is 1. The van der Waals surface area contributed by atoms with E-state index in [1.165, 1.54) is 0 Å². The van der Waals surface area contributed by atoms with Crippen molar-refractivity contribution in [3.8, 4) is 0 Å². The number of aliphatic hydroxyl groups is 1. The van der Waals surface area contributed by atoms with Crippen molar-refractivity contribution in [1.82, 2.24) is 0 Å². The van der Waals surface area contributed by atoms with Crippen LogP contribution < -0.4 is 0 Å². The zero-order valence-electron chi connectivity index (χ0n) is 9.00. The summed E-state index contributed by atoms with van der Waals surface area (Å²) >= 11 is 19.0. The van der Waals surface area contributed by atoms with Gasteiger partial charge in [0.15, 0.2) is 0 Å². The van der Waals surface area contributed by atoms with Crippen molar-refractivity contribution in [3.05, 3.63) is 66.5 Å². The second-order valence-electron chi connectivity index (χ2n) is 3.70. The third-order valence-electron chi connectivity index (χ3n) is 2.53. The highest BCUT2D eigenvalue weighted by atomic mass is 79.9. The van der Waals surface area contributed by atoms with E-state index in [0.29, 0.717) is 21.2 Å². The van der Waals surface area contributed by atoms with Gasteiger partial charge >= 0.3 is 0 Å². The van der Waals surface area contributed by atoms with Crippen LogP contribution in [0.5, 0.6) is 0 Å². The molecule has 0 fully saturated rings. The van der Waals surface area contributed by atoms with E-state index in [1.54, 1.807) is 18.2 Å². The minimum absolute atomic E-state index is 0.446. The Bertz CT molecular complexity index is 567. The molecule has 0 aliphatic rings. The molecule has 5 heteroatoms. The van der Waals surface area contributed by atoms with Crippen molar-refractivity contribution in [2.75, 3.05) is 0 Å². The summed E-state index contributed by atoms with van der Waals surface area (Å²) < 4.78 is 1.68. The van der Waals surface area contributed by atoms with E-state index in [1.807, 2.05) is 18.2 Å². The molecule has 94 valence electrons. The van der Waals surface area contributed by atoms with Crippen LogP contribution in [0, 0.1) is 0 Å². The van der Waals surface area contributed by atoms with Crippen LogP contribution in [0.25, 0.3) is 0 Å². The van der Waals surface area contributed by atoms with Crippen LogP contribution in [0.15, 0.2) is 45.3 Å². The van der Waals surface area contributed by atoms with Crippen molar-refractivity contribution in [2.45, 2.75) is 6.10 Å². The summed E-state index contributed by atoms with van der Waals surface area (Å²) in [7, 11) is 0. The van der Waals surface area contributed by atoms with E-state index in [9.17, 15) is 5.11 Å². The summed E-state index contributed by atoms with van der Waals surface area (Å²) in [4.78, 5) is 0. The van der Waals surface area contributed by atoms with Gasteiger partial charge in [-0.05, 0) is 30.3 Å². The van der Waals surface area contributed by atoms with E-state index >= 15 is 0 Å². The molecule has 0 bridgehead atoms. The number of benzene rings is 2. The van der Waals surface area contributed by atoms with E-state index in [0.717, 1.165) is 8.95 Å². The largest absolute Gasteiger partial charge is 0.384 e. The maximum absolute atomic E-state index is 10.4. The zero-order chi connectivity index (χ0) is 13.3. The van der Waals surface area contributed by atoms with Crippen LogP contribution in [0.4, 0.5) is 0 Å². The molecule has 2 aromatic carbocycles. The van der Waals surface area contributed by atoms with Crippen LogP contribution in [0.2, 0.25) is 10.0 Å². The molecule has 0 heterocycles. The summed E-state index contributed by atoms with van der Waals surface area (Å²) in [5.74, 6) is 0. The molecule has 0 aromatic heterocycles. The fraction of sp³-hybridized carbons (Fsp3) is 0.0769. The molecule has 1 N–H and O–H groups in total. The highest BCUT2D eigenvalue weighted by molar-refractivity contribution is 9.11. The molecule has 0 aliphatic carbocycles. The quantitative estimate of drug-likeness (QED) is 0.683. The minimum Gasteiger partial charge on any atom is -0.384 e. The molecule has 0 saturated carbocycles. The van der Waals surface area contributed by atoms with Crippen molar-refractivity contribution in [3.63, 3.8) is 0 Å². The zero-order valence-corrected chi connectivity index (χ0v) is 13.7. The summed E-state index contributed by atoms with van der Waals surface area (Å²) in [6.07, 6.45) is -0.877. The molecule has 0 spiro atoms. The monoisotopic (exact) mass is 408 g/mol. The molecular weight excluding hydrogens is 403 g/mol. The van der Waals surface area contributed by atoms with Crippen molar-refractivity contribution in [1.29, 1.82) is 0 Å². The lowest BCUT2D eigenvalue weighted by atomic mass is 10.0. The van der Waals surface area contributed by atoms with E-state index in [4.69, 9.17) is 23.2 Å². The predicted molar refractivity (Wildman–Crippen MR) is 82.4 cm³/mol. The number of hydrogen-bond acceptors (Lipinski definition) is 1. The van der Waals surface area contributed by atoms with Gasteiger partial charge in [-0.3, -0.25) is 0 Å². The molecule has 0 amide bonds. The molecule has 2 aromatic rings. The van der Waals surface area contributed by atoms with Gasteiger partial charge in [0.2, 0.25) is 0 Å². The van der Waals surface area contributed by atoms with Crippen LogP contribution in [-0.4, -0.2) is 5.11 Å². The Hall–Kier alpha value is -0.0600. The third kappa shape index (κ3) is 2.91. The fourth-order valence-electron chi connectivity index (χ4n) is 1.65. The van der Waals surface area contributed by atoms with Gasteiger partial charge in [-0.2, -0.15) is 0 Å². The lowest BCUT2D eigenvalue weighted by molar-refractivity contribution is 0.219. The standard InChI is InChI=1S/C13H8Br2Cl2O/c14-7-4-5-9(15)8(6-7)13(18)12-10(16)2-1-3-11(12)17/h1-6,13,18H. The first-order valence-corrected chi connectivity index (χ1v) is 7.42. The lowest BCUT2D eigenvalue weighted by Crippen LogP contribution is -2.02. The first-order valence-electron chi connectivity index (χ1n) is 5.07. The van der Waals surface area contributed by atoms with Crippen LogP contribution in [0.1, 0.15) is 17.2 Å². The smallest absolute Gasteiger partial charge is 0.108 e. The SMILES string of the molecule is OC(c1cc(Br)ccc1Br)c1c(Cl)cccc1Cl. The average molecular weight is 411 g/mol. The van der Waals surface area contributed by atoms with Crippen LogP contribution in [0.3, 0.4) is 0 Å². The van der Waals surface area contributed by atoms with Crippen molar-refractivity contribution >= 4 is 55.1 Å². The Balaban J connectivity index is 2.54. The fourth-order valence-corrected chi connectivity index (χ4v) is 3.10. The normalized spacial score (nSPS) is 12.5. The summed E-state index contributed by atoms with van der Waals surface area (Å²) in [6.45, 7) is 0. The highest BCUT2D eigenvalue weighted by Gasteiger charge is 2.19. The second kappa shape index (κ2) is 5.93. The molecule has 0 aliphatic heterocycles. The molecule has 0 radical (unpaired) electrons. The average Bonchev–Trinajstić information content (AvgIpc) is 2.32. The topological polar surface area (TPSA) is 20.2 Å². The first kappa shape index (κ1) is 14.4. The maximum atomic E-state index is 10.4. The third-order valence-corrected chi connectivity index (χ3v) is 4.40. The first-order chi connectivity index (χ1) is 8.50. The molecule has 18 heavy (non-hydrogen) atoms. The van der Waals surface area contributed by atoms with E-state index < -0.39 is 6.10 Å².